The van der Waals surface area contributed by atoms with Crippen LogP contribution in [0.2, 0.25) is 0 Å². The summed E-state index contributed by atoms with van der Waals surface area (Å²) in [5.74, 6) is -3.40. The summed E-state index contributed by atoms with van der Waals surface area (Å²) in [5, 5.41) is 3.09. The van der Waals surface area contributed by atoms with Crippen LogP contribution >= 0.6 is 0 Å². The summed E-state index contributed by atoms with van der Waals surface area (Å²) in [6.07, 6.45) is -0.0375. The van der Waals surface area contributed by atoms with Crippen molar-refractivity contribution in [2.75, 3.05) is 12.4 Å². The standard InChI is InChI=1S/C12H17F2NO3S/c1-8(9(2)18-3)15-10-4-6-11(7-5-10)19(16,17)12(13)14/h4-9,12,15H,1-3H3. The van der Waals surface area contributed by atoms with E-state index in [2.05, 4.69) is 5.32 Å². The Hall–Kier alpha value is -1.21. The van der Waals surface area contributed by atoms with Crippen LogP contribution in [0.15, 0.2) is 29.2 Å². The maximum Gasteiger partial charge on any atom is 0.341 e. The second-order valence-corrected chi connectivity index (χ2v) is 6.12. The third-order valence-corrected chi connectivity index (χ3v) is 4.29. The van der Waals surface area contributed by atoms with Gasteiger partial charge in [0.05, 0.1) is 11.0 Å². The number of halogens is 2. The van der Waals surface area contributed by atoms with Crippen LogP contribution in [0, 0.1) is 0 Å². The molecule has 0 aliphatic heterocycles. The van der Waals surface area contributed by atoms with E-state index in [0.29, 0.717) is 5.69 Å². The molecule has 1 N–H and O–H groups in total. The topological polar surface area (TPSA) is 55.4 Å². The lowest BCUT2D eigenvalue weighted by Gasteiger charge is -2.21. The molecule has 2 atom stereocenters. The number of ether oxygens (including phenoxy) is 1. The summed E-state index contributed by atoms with van der Waals surface area (Å²) >= 11 is 0. The van der Waals surface area contributed by atoms with Gasteiger partial charge in [0.2, 0.25) is 9.84 Å². The van der Waals surface area contributed by atoms with Crippen LogP contribution in [0.25, 0.3) is 0 Å². The quantitative estimate of drug-likeness (QED) is 0.875. The molecule has 1 rings (SSSR count). The molecule has 1 aromatic carbocycles. The molecule has 0 fully saturated rings. The van der Waals surface area contributed by atoms with Gasteiger partial charge in [0.1, 0.15) is 0 Å². The van der Waals surface area contributed by atoms with Gasteiger partial charge in [0.15, 0.2) is 0 Å². The minimum atomic E-state index is -4.53. The molecule has 4 nitrogen and oxygen atoms in total. The highest BCUT2D eigenvalue weighted by molar-refractivity contribution is 7.91. The first-order valence-corrected chi connectivity index (χ1v) is 7.25. The molecule has 0 saturated heterocycles. The van der Waals surface area contributed by atoms with Crippen molar-refractivity contribution in [2.24, 2.45) is 0 Å². The van der Waals surface area contributed by atoms with Gasteiger partial charge >= 0.3 is 5.76 Å². The number of anilines is 1. The zero-order chi connectivity index (χ0) is 14.6. The number of methoxy groups -OCH3 is 1. The Morgan fingerprint density at radius 3 is 2.11 bits per heavy atom. The molecule has 0 saturated carbocycles. The zero-order valence-electron chi connectivity index (χ0n) is 10.9. The summed E-state index contributed by atoms with van der Waals surface area (Å²) in [7, 11) is -2.94. The summed E-state index contributed by atoms with van der Waals surface area (Å²) in [5.41, 5.74) is 0.643. The Bertz CT molecular complexity index is 502. The van der Waals surface area contributed by atoms with E-state index in [0.717, 1.165) is 12.1 Å². The predicted molar refractivity (Wildman–Crippen MR) is 69.2 cm³/mol. The maximum absolute atomic E-state index is 12.3. The van der Waals surface area contributed by atoms with E-state index in [1.807, 2.05) is 13.8 Å². The first-order valence-electron chi connectivity index (χ1n) is 5.70. The van der Waals surface area contributed by atoms with Gasteiger partial charge in [-0.25, -0.2) is 8.42 Å². The van der Waals surface area contributed by atoms with Gasteiger partial charge in [-0.15, -0.1) is 0 Å². The molecule has 0 heterocycles. The van der Waals surface area contributed by atoms with Gasteiger partial charge in [-0.05, 0) is 38.1 Å². The molecule has 0 bridgehead atoms. The van der Waals surface area contributed by atoms with Crippen molar-refractivity contribution < 1.29 is 21.9 Å². The fourth-order valence-corrected chi connectivity index (χ4v) is 2.15. The van der Waals surface area contributed by atoms with Crippen LogP contribution in [0.4, 0.5) is 14.5 Å². The van der Waals surface area contributed by atoms with Crippen molar-refractivity contribution in [3.05, 3.63) is 24.3 Å². The highest BCUT2D eigenvalue weighted by Gasteiger charge is 2.26. The summed E-state index contributed by atoms with van der Waals surface area (Å²) < 4.78 is 52.3. The monoisotopic (exact) mass is 293 g/mol. The van der Waals surface area contributed by atoms with Crippen molar-refractivity contribution in [3.8, 4) is 0 Å². The molecule has 7 heteroatoms. The molecule has 19 heavy (non-hydrogen) atoms. The Kier molecular flexibility index (Phi) is 5.25. The number of rotatable bonds is 6. The third kappa shape index (κ3) is 3.87. The molecule has 0 radical (unpaired) electrons. The van der Waals surface area contributed by atoms with Gasteiger partial charge in [-0.3, -0.25) is 0 Å². The van der Waals surface area contributed by atoms with E-state index in [4.69, 9.17) is 4.74 Å². The molecule has 0 aliphatic carbocycles. The van der Waals surface area contributed by atoms with Crippen LogP contribution < -0.4 is 5.32 Å². The SMILES string of the molecule is COC(C)C(C)Nc1ccc(S(=O)(=O)C(F)F)cc1. The van der Waals surface area contributed by atoms with Crippen LogP contribution in [-0.4, -0.2) is 33.4 Å². The Labute approximate surface area is 111 Å². The second-order valence-electron chi connectivity index (χ2n) is 4.20. The third-order valence-electron chi connectivity index (χ3n) is 2.89. The van der Waals surface area contributed by atoms with E-state index in [1.165, 1.54) is 12.1 Å². The van der Waals surface area contributed by atoms with Crippen LogP contribution in [0.3, 0.4) is 0 Å². The van der Waals surface area contributed by atoms with E-state index < -0.39 is 15.6 Å². The fourth-order valence-electron chi connectivity index (χ4n) is 1.43. The van der Waals surface area contributed by atoms with Gasteiger partial charge in [0, 0.05) is 18.8 Å². The lowest BCUT2D eigenvalue weighted by molar-refractivity contribution is 0.106. The molecule has 108 valence electrons. The summed E-state index contributed by atoms with van der Waals surface area (Å²) in [6.45, 7) is 3.78. The first-order chi connectivity index (χ1) is 8.78. The van der Waals surface area contributed by atoms with Crippen molar-refractivity contribution in [1.29, 1.82) is 0 Å². The minimum Gasteiger partial charge on any atom is -0.380 e. The average molecular weight is 293 g/mol. The van der Waals surface area contributed by atoms with Crippen molar-refractivity contribution in [1.82, 2.24) is 0 Å². The lowest BCUT2D eigenvalue weighted by atomic mass is 10.2. The Morgan fingerprint density at radius 2 is 1.68 bits per heavy atom. The molecular formula is C12H17F2NO3S. The van der Waals surface area contributed by atoms with Crippen LogP contribution in [-0.2, 0) is 14.6 Å². The number of sulfone groups is 1. The van der Waals surface area contributed by atoms with Crippen LogP contribution in [0.5, 0.6) is 0 Å². The molecule has 2 unspecified atom stereocenters. The van der Waals surface area contributed by atoms with E-state index in [1.54, 1.807) is 7.11 Å². The highest BCUT2D eigenvalue weighted by Crippen LogP contribution is 2.20. The van der Waals surface area contributed by atoms with E-state index in [-0.39, 0.29) is 17.0 Å². The van der Waals surface area contributed by atoms with Crippen molar-refractivity contribution >= 4 is 15.5 Å². The molecule has 0 amide bonds. The first kappa shape index (κ1) is 15.8. The predicted octanol–water partition coefficient (Wildman–Crippen LogP) is 2.52. The number of hydrogen-bond donors (Lipinski definition) is 1. The Balaban J connectivity index is 2.83. The zero-order valence-corrected chi connectivity index (χ0v) is 11.7. The number of hydrogen-bond acceptors (Lipinski definition) is 4. The van der Waals surface area contributed by atoms with Crippen molar-refractivity contribution in [3.63, 3.8) is 0 Å². The lowest BCUT2D eigenvalue weighted by Crippen LogP contribution is -2.29. The number of nitrogens with one attached hydrogen (secondary N) is 1. The highest BCUT2D eigenvalue weighted by atomic mass is 32.2. The molecule has 0 spiro atoms. The maximum atomic E-state index is 12.3. The average Bonchev–Trinajstić information content (AvgIpc) is 2.38. The van der Waals surface area contributed by atoms with Gasteiger partial charge in [-0.2, -0.15) is 8.78 Å². The van der Waals surface area contributed by atoms with Crippen molar-refractivity contribution in [2.45, 2.75) is 36.6 Å². The number of benzene rings is 1. The number of alkyl halides is 2. The van der Waals surface area contributed by atoms with E-state index in [9.17, 15) is 17.2 Å². The van der Waals surface area contributed by atoms with Crippen LogP contribution in [0.1, 0.15) is 13.8 Å². The second kappa shape index (κ2) is 6.29. The van der Waals surface area contributed by atoms with E-state index >= 15 is 0 Å². The molecule has 0 aromatic heterocycles. The van der Waals surface area contributed by atoms with Gasteiger partial charge in [0.25, 0.3) is 0 Å². The summed E-state index contributed by atoms with van der Waals surface area (Å²) in [4.78, 5) is -0.388. The minimum absolute atomic E-state index is 0.00237. The molecule has 0 aliphatic rings. The molecule has 1 aromatic rings. The fraction of sp³-hybridized carbons (Fsp3) is 0.500. The van der Waals surface area contributed by atoms with Gasteiger partial charge in [-0.1, -0.05) is 0 Å². The Morgan fingerprint density at radius 1 is 1.16 bits per heavy atom. The normalized spacial score (nSPS) is 15.3. The molecular weight excluding hydrogens is 276 g/mol. The summed E-state index contributed by atoms with van der Waals surface area (Å²) in [6, 6.07) is 5.23. The largest absolute Gasteiger partial charge is 0.380 e. The smallest absolute Gasteiger partial charge is 0.341 e. The van der Waals surface area contributed by atoms with Gasteiger partial charge < -0.3 is 10.1 Å².